The van der Waals surface area contributed by atoms with Crippen LogP contribution in [0.4, 0.5) is 0 Å². The molecular weight excluding hydrogens is 168 g/mol. The molecule has 0 nitrogen and oxygen atoms in total. The van der Waals surface area contributed by atoms with Gasteiger partial charge in [-0.2, -0.15) is 0 Å². The van der Waals surface area contributed by atoms with Gasteiger partial charge in [0.25, 0.3) is 0 Å². The average molecular weight is 187 g/mol. The SMILES string of the molecule is c1ccc(CC[C]2CCCCC2)cc1. The van der Waals surface area contributed by atoms with Crippen LogP contribution < -0.4 is 0 Å². The summed E-state index contributed by atoms with van der Waals surface area (Å²) in [6.45, 7) is 0. The Morgan fingerprint density at radius 2 is 1.50 bits per heavy atom. The van der Waals surface area contributed by atoms with Crippen LogP contribution in [0, 0.1) is 5.92 Å². The minimum atomic E-state index is 1.25. The molecule has 0 heterocycles. The average Bonchev–Trinajstić information content (AvgIpc) is 2.29. The van der Waals surface area contributed by atoms with Gasteiger partial charge in [0.1, 0.15) is 0 Å². The molecule has 0 atom stereocenters. The summed E-state index contributed by atoms with van der Waals surface area (Å²) in [6.07, 6.45) is 9.68. The molecular formula is C14H19. The minimum absolute atomic E-state index is 1.25. The third-order valence-electron chi connectivity index (χ3n) is 3.17. The second-order valence-corrected chi connectivity index (χ2v) is 4.30. The molecule has 0 bridgehead atoms. The molecule has 0 aliphatic heterocycles. The van der Waals surface area contributed by atoms with Crippen LogP contribution in [0.15, 0.2) is 30.3 Å². The quantitative estimate of drug-likeness (QED) is 0.666. The van der Waals surface area contributed by atoms with Gasteiger partial charge in [-0.15, -0.1) is 0 Å². The smallest absolute Gasteiger partial charge is 0.0238 e. The van der Waals surface area contributed by atoms with Crippen molar-refractivity contribution < 1.29 is 0 Å². The summed E-state index contributed by atoms with van der Waals surface area (Å²) in [4.78, 5) is 0. The lowest BCUT2D eigenvalue weighted by Gasteiger charge is -2.20. The Kier molecular flexibility index (Phi) is 3.62. The van der Waals surface area contributed by atoms with Gasteiger partial charge >= 0.3 is 0 Å². The molecule has 14 heavy (non-hydrogen) atoms. The van der Waals surface area contributed by atoms with E-state index in [0.717, 1.165) is 0 Å². The molecule has 0 heteroatoms. The van der Waals surface area contributed by atoms with E-state index < -0.39 is 0 Å². The largest absolute Gasteiger partial charge is 0.0622 e. The molecule has 2 rings (SSSR count). The summed E-state index contributed by atoms with van der Waals surface area (Å²) in [5.41, 5.74) is 1.49. The minimum Gasteiger partial charge on any atom is -0.0622 e. The molecule has 0 saturated heterocycles. The molecule has 0 aromatic heterocycles. The summed E-state index contributed by atoms with van der Waals surface area (Å²) in [5, 5.41) is 0. The zero-order valence-electron chi connectivity index (χ0n) is 8.84. The second-order valence-electron chi connectivity index (χ2n) is 4.30. The van der Waals surface area contributed by atoms with Crippen molar-refractivity contribution >= 4 is 0 Å². The fourth-order valence-corrected chi connectivity index (χ4v) is 2.27. The molecule has 0 amide bonds. The Labute approximate surface area is 87.3 Å². The lowest BCUT2D eigenvalue weighted by atomic mass is 9.85. The molecule has 1 fully saturated rings. The first kappa shape index (κ1) is 9.76. The summed E-state index contributed by atoms with van der Waals surface area (Å²) in [6, 6.07) is 10.9. The van der Waals surface area contributed by atoms with E-state index in [-0.39, 0.29) is 0 Å². The predicted molar refractivity (Wildman–Crippen MR) is 61.1 cm³/mol. The zero-order chi connectivity index (χ0) is 9.64. The summed E-state index contributed by atoms with van der Waals surface area (Å²) in [7, 11) is 0. The first-order chi connectivity index (χ1) is 6.95. The van der Waals surface area contributed by atoms with E-state index in [1.807, 2.05) is 0 Å². The molecule has 1 saturated carbocycles. The van der Waals surface area contributed by atoms with Crippen molar-refractivity contribution in [1.82, 2.24) is 0 Å². The van der Waals surface area contributed by atoms with Crippen molar-refractivity contribution in [2.45, 2.75) is 44.9 Å². The third-order valence-corrected chi connectivity index (χ3v) is 3.17. The van der Waals surface area contributed by atoms with Crippen LogP contribution in [0.5, 0.6) is 0 Å². The van der Waals surface area contributed by atoms with Gasteiger partial charge in [-0.1, -0.05) is 49.6 Å². The molecule has 1 radical (unpaired) electrons. The van der Waals surface area contributed by atoms with Crippen molar-refractivity contribution in [3.8, 4) is 0 Å². The maximum Gasteiger partial charge on any atom is -0.0238 e. The lowest BCUT2D eigenvalue weighted by molar-refractivity contribution is 0.505. The first-order valence-corrected chi connectivity index (χ1v) is 5.82. The van der Waals surface area contributed by atoms with E-state index >= 15 is 0 Å². The maximum atomic E-state index is 2.24. The van der Waals surface area contributed by atoms with E-state index in [4.69, 9.17) is 0 Å². The molecule has 0 N–H and O–H groups in total. The predicted octanol–water partition coefficient (Wildman–Crippen LogP) is 4.16. The topological polar surface area (TPSA) is 0 Å². The van der Waals surface area contributed by atoms with E-state index in [0.29, 0.717) is 0 Å². The molecule has 75 valence electrons. The molecule has 1 aromatic rings. The second kappa shape index (κ2) is 5.19. The van der Waals surface area contributed by atoms with Gasteiger partial charge in [-0.3, -0.25) is 0 Å². The Hall–Kier alpha value is -0.780. The Bertz CT molecular complexity index is 244. The third kappa shape index (κ3) is 2.87. The standard InChI is InChI=1S/C14H19/c1-3-7-13(8-4-1)11-12-14-9-5-2-6-10-14/h1,3-4,7-8H,2,5-6,9-12H2. The number of aryl methyl sites for hydroxylation is 1. The molecule has 1 aromatic carbocycles. The molecule has 1 aliphatic rings. The fraction of sp³-hybridized carbons (Fsp3) is 0.500. The highest BCUT2D eigenvalue weighted by molar-refractivity contribution is 5.15. The van der Waals surface area contributed by atoms with Crippen molar-refractivity contribution in [2.24, 2.45) is 0 Å². The fourth-order valence-electron chi connectivity index (χ4n) is 2.27. The van der Waals surface area contributed by atoms with Crippen LogP contribution in [0.1, 0.15) is 44.1 Å². The van der Waals surface area contributed by atoms with Gasteiger partial charge in [0.05, 0.1) is 0 Å². The van der Waals surface area contributed by atoms with Gasteiger partial charge in [0.15, 0.2) is 0 Å². The van der Waals surface area contributed by atoms with Crippen LogP contribution in [-0.2, 0) is 6.42 Å². The monoisotopic (exact) mass is 187 g/mol. The van der Waals surface area contributed by atoms with Gasteiger partial charge in [0, 0.05) is 0 Å². The normalized spacial score (nSPS) is 18.3. The van der Waals surface area contributed by atoms with Crippen LogP contribution >= 0.6 is 0 Å². The number of rotatable bonds is 3. The van der Waals surface area contributed by atoms with E-state index in [2.05, 4.69) is 30.3 Å². The van der Waals surface area contributed by atoms with Gasteiger partial charge in [0.2, 0.25) is 0 Å². The molecule has 0 spiro atoms. The van der Waals surface area contributed by atoms with Crippen LogP contribution in [0.2, 0.25) is 0 Å². The molecule has 1 aliphatic carbocycles. The van der Waals surface area contributed by atoms with E-state index in [9.17, 15) is 0 Å². The Morgan fingerprint density at radius 3 is 2.21 bits per heavy atom. The highest BCUT2D eigenvalue weighted by Crippen LogP contribution is 2.29. The van der Waals surface area contributed by atoms with Gasteiger partial charge in [-0.05, 0) is 37.2 Å². The summed E-state index contributed by atoms with van der Waals surface area (Å²) >= 11 is 0. The number of hydrogen-bond acceptors (Lipinski definition) is 0. The number of benzene rings is 1. The van der Waals surface area contributed by atoms with E-state index in [1.165, 1.54) is 50.5 Å². The van der Waals surface area contributed by atoms with Crippen molar-refractivity contribution in [2.75, 3.05) is 0 Å². The zero-order valence-corrected chi connectivity index (χ0v) is 8.84. The van der Waals surface area contributed by atoms with Crippen LogP contribution in [0.3, 0.4) is 0 Å². The summed E-state index contributed by atoms with van der Waals surface area (Å²) < 4.78 is 0. The maximum absolute atomic E-state index is 2.24. The highest BCUT2D eigenvalue weighted by Gasteiger charge is 2.13. The van der Waals surface area contributed by atoms with Gasteiger partial charge in [-0.25, -0.2) is 0 Å². The Balaban J connectivity index is 1.76. The first-order valence-electron chi connectivity index (χ1n) is 5.82. The van der Waals surface area contributed by atoms with Gasteiger partial charge < -0.3 is 0 Å². The van der Waals surface area contributed by atoms with Crippen LogP contribution in [0.25, 0.3) is 0 Å². The lowest BCUT2D eigenvalue weighted by Crippen LogP contribution is -2.04. The van der Waals surface area contributed by atoms with Crippen molar-refractivity contribution in [3.63, 3.8) is 0 Å². The molecule has 0 unspecified atom stereocenters. The number of hydrogen-bond donors (Lipinski definition) is 0. The van der Waals surface area contributed by atoms with Crippen molar-refractivity contribution in [1.29, 1.82) is 0 Å². The highest BCUT2D eigenvalue weighted by atomic mass is 14.2. The van der Waals surface area contributed by atoms with Crippen molar-refractivity contribution in [3.05, 3.63) is 41.8 Å². The summed E-state index contributed by atoms with van der Waals surface area (Å²) in [5.74, 6) is 1.81. The van der Waals surface area contributed by atoms with E-state index in [1.54, 1.807) is 5.92 Å². The Morgan fingerprint density at radius 1 is 0.786 bits per heavy atom. The van der Waals surface area contributed by atoms with Crippen LogP contribution in [-0.4, -0.2) is 0 Å².